The molecule has 8 heteroatoms. The van der Waals surface area contributed by atoms with Crippen molar-refractivity contribution in [2.75, 3.05) is 6.61 Å². The summed E-state index contributed by atoms with van der Waals surface area (Å²) in [5, 5.41) is 11.5. The van der Waals surface area contributed by atoms with Crippen molar-refractivity contribution in [1.29, 1.82) is 0 Å². The van der Waals surface area contributed by atoms with E-state index in [1.165, 1.54) is 0 Å². The van der Waals surface area contributed by atoms with Crippen molar-refractivity contribution in [3.05, 3.63) is 29.1 Å². The third-order valence-electron chi connectivity index (χ3n) is 3.42. The summed E-state index contributed by atoms with van der Waals surface area (Å²) in [6.07, 6.45) is 0.223. The SMILES string of the molecule is CCOC1CC(N)C1NC(=O)c1cc(F)c(F)c(O)c1F. The summed E-state index contributed by atoms with van der Waals surface area (Å²) in [6.45, 7) is 2.19. The van der Waals surface area contributed by atoms with Gasteiger partial charge in [0.15, 0.2) is 17.4 Å². The first-order valence-corrected chi connectivity index (χ1v) is 6.41. The van der Waals surface area contributed by atoms with Crippen molar-refractivity contribution in [2.45, 2.75) is 31.5 Å². The predicted octanol–water partition coefficient (Wildman–Crippen LogP) is 1.04. The number of halogens is 3. The fourth-order valence-corrected chi connectivity index (χ4v) is 2.21. The maximum absolute atomic E-state index is 13.6. The standard InChI is InChI=1S/C13H15F3N2O3/c1-2-21-8-4-7(17)11(8)18-13(20)5-3-6(14)10(16)12(19)9(5)15/h3,7-8,11,19H,2,4,17H2,1H3,(H,18,20). The molecule has 116 valence electrons. The Hall–Kier alpha value is -1.80. The second-order valence-electron chi connectivity index (χ2n) is 4.78. The Morgan fingerprint density at radius 3 is 2.71 bits per heavy atom. The molecule has 2 rings (SSSR count). The lowest BCUT2D eigenvalue weighted by molar-refractivity contribution is -0.0300. The minimum Gasteiger partial charge on any atom is -0.503 e. The summed E-state index contributed by atoms with van der Waals surface area (Å²) >= 11 is 0. The molecule has 0 bridgehead atoms. The minimum atomic E-state index is -1.74. The Kier molecular flexibility index (Phi) is 4.38. The number of phenolic OH excluding ortho intramolecular Hbond substituents is 1. The highest BCUT2D eigenvalue weighted by atomic mass is 19.2. The highest BCUT2D eigenvalue weighted by Crippen LogP contribution is 2.27. The molecule has 0 aliphatic heterocycles. The van der Waals surface area contributed by atoms with Gasteiger partial charge in [-0.2, -0.15) is 4.39 Å². The van der Waals surface area contributed by atoms with Gasteiger partial charge < -0.3 is 20.9 Å². The van der Waals surface area contributed by atoms with Crippen LogP contribution in [0.5, 0.6) is 5.75 Å². The molecule has 0 aromatic heterocycles. The molecule has 3 atom stereocenters. The third kappa shape index (κ3) is 2.81. The maximum Gasteiger partial charge on any atom is 0.254 e. The number of carbonyl (C=O) groups is 1. The van der Waals surface area contributed by atoms with E-state index in [2.05, 4.69) is 5.32 Å². The van der Waals surface area contributed by atoms with Crippen LogP contribution in [0.3, 0.4) is 0 Å². The fraction of sp³-hybridized carbons (Fsp3) is 0.462. The Labute approximate surface area is 118 Å². The normalized spacial score (nSPS) is 24.5. The average Bonchev–Trinajstić information content (AvgIpc) is 2.46. The molecule has 4 N–H and O–H groups in total. The predicted molar refractivity (Wildman–Crippen MR) is 67.2 cm³/mol. The second kappa shape index (κ2) is 5.90. The molecular formula is C13H15F3N2O3. The summed E-state index contributed by atoms with van der Waals surface area (Å²) in [4.78, 5) is 11.9. The summed E-state index contributed by atoms with van der Waals surface area (Å²) in [7, 11) is 0. The van der Waals surface area contributed by atoms with Crippen LogP contribution in [0.15, 0.2) is 6.07 Å². The van der Waals surface area contributed by atoms with Gasteiger partial charge in [-0.15, -0.1) is 0 Å². The van der Waals surface area contributed by atoms with Crippen LogP contribution in [-0.4, -0.2) is 35.8 Å². The molecule has 1 saturated carbocycles. The zero-order chi connectivity index (χ0) is 15.7. The van der Waals surface area contributed by atoms with E-state index >= 15 is 0 Å². The zero-order valence-electron chi connectivity index (χ0n) is 11.2. The number of benzene rings is 1. The molecule has 1 aromatic rings. The van der Waals surface area contributed by atoms with Gasteiger partial charge >= 0.3 is 0 Å². The van der Waals surface area contributed by atoms with Gasteiger partial charge in [0.1, 0.15) is 0 Å². The number of amides is 1. The number of hydrogen-bond acceptors (Lipinski definition) is 4. The van der Waals surface area contributed by atoms with E-state index in [-0.39, 0.29) is 12.1 Å². The first-order chi connectivity index (χ1) is 9.86. The molecule has 0 radical (unpaired) electrons. The fourth-order valence-electron chi connectivity index (χ4n) is 2.21. The zero-order valence-corrected chi connectivity index (χ0v) is 11.2. The highest BCUT2D eigenvalue weighted by Gasteiger charge is 2.41. The Balaban J connectivity index is 2.18. The van der Waals surface area contributed by atoms with E-state index in [9.17, 15) is 18.0 Å². The quantitative estimate of drug-likeness (QED) is 0.726. The van der Waals surface area contributed by atoms with Crippen LogP contribution in [0.1, 0.15) is 23.7 Å². The van der Waals surface area contributed by atoms with E-state index in [4.69, 9.17) is 15.6 Å². The number of ether oxygens (including phenoxy) is 1. The van der Waals surface area contributed by atoms with Crippen molar-refractivity contribution in [1.82, 2.24) is 5.32 Å². The molecule has 1 aliphatic rings. The molecular weight excluding hydrogens is 289 g/mol. The van der Waals surface area contributed by atoms with Crippen molar-refractivity contribution in [3.63, 3.8) is 0 Å². The number of carbonyl (C=O) groups excluding carboxylic acids is 1. The number of rotatable bonds is 4. The second-order valence-corrected chi connectivity index (χ2v) is 4.78. The Bertz CT molecular complexity index is 566. The topological polar surface area (TPSA) is 84.6 Å². The van der Waals surface area contributed by atoms with Crippen LogP contribution < -0.4 is 11.1 Å². The average molecular weight is 304 g/mol. The summed E-state index contributed by atoms with van der Waals surface area (Å²) in [5.41, 5.74) is 4.93. The van der Waals surface area contributed by atoms with Gasteiger partial charge in [-0.05, 0) is 19.4 Å². The van der Waals surface area contributed by atoms with Gasteiger partial charge in [0.25, 0.3) is 5.91 Å². The largest absolute Gasteiger partial charge is 0.503 e. The Morgan fingerprint density at radius 1 is 1.48 bits per heavy atom. The van der Waals surface area contributed by atoms with Crippen molar-refractivity contribution in [3.8, 4) is 5.75 Å². The van der Waals surface area contributed by atoms with Gasteiger partial charge in [0.2, 0.25) is 5.82 Å². The first-order valence-electron chi connectivity index (χ1n) is 6.41. The van der Waals surface area contributed by atoms with Crippen molar-refractivity contribution >= 4 is 5.91 Å². The molecule has 1 aromatic carbocycles. The molecule has 0 spiro atoms. The van der Waals surface area contributed by atoms with E-state index in [1.54, 1.807) is 6.92 Å². The number of hydrogen-bond donors (Lipinski definition) is 3. The molecule has 1 fully saturated rings. The van der Waals surface area contributed by atoms with Crippen molar-refractivity contribution in [2.24, 2.45) is 5.73 Å². The number of nitrogens with one attached hydrogen (secondary N) is 1. The van der Waals surface area contributed by atoms with Gasteiger partial charge in [0, 0.05) is 12.6 Å². The van der Waals surface area contributed by atoms with Gasteiger partial charge in [-0.25, -0.2) is 8.78 Å². The molecule has 1 amide bonds. The molecule has 0 heterocycles. The van der Waals surface area contributed by atoms with Gasteiger partial charge in [-0.1, -0.05) is 0 Å². The summed E-state index contributed by atoms with van der Waals surface area (Å²) in [5.74, 6) is -7.30. The number of nitrogens with two attached hydrogens (primary N) is 1. The van der Waals surface area contributed by atoms with Crippen LogP contribution >= 0.6 is 0 Å². The maximum atomic E-state index is 13.6. The summed E-state index contributed by atoms with van der Waals surface area (Å²) in [6, 6.07) is -0.529. The lowest BCUT2D eigenvalue weighted by atomic mass is 9.83. The van der Waals surface area contributed by atoms with Crippen LogP contribution in [0.2, 0.25) is 0 Å². The monoisotopic (exact) mass is 304 g/mol. The van der Waals surface area contributed by atoms with Crippen LogP contribution in [0, 0.1) is 17.5 Å². The molecule has 5 nitrogen and oxygen atoms in total. The molecule has 1 aliphatic carbocycles. The Morgan fingerprint density at radius 2 is 2.14 bits per heavy atom. The van der Waals surface area contributed by atoms with Crippen molar-refractivity contribution < 1.29 is 27.8 Å². The van der Waals surface area contributed by atoms with Crippen LogP contribution in [0.25, 0.3) is 0 Å². The number of phenols is 1. The van der Waals surface area contributed by atoms with Crippen LogP contribution in [0.4, 0.5) is 13.2 Å². The first kappa shape index (κ1) is 15.6. The molecule has 21 heavy (non-hydrogen) atoms. The van der Waals surface area contributed by atoms with E-state index < -0.39 is 40.7 Å². The van der Waals surface area contributed by atoms with E-state index in [1.807, 2.05) is 0 Å². The van der Waals surface area contributed by atoms with Gasteiger partial charge in [0.05, 0.1) is 17.7 Å². The van der Waals surface area contributed by atoms with E-state index in [0.29, 0.717) is 19.1 Å². The van der Waals surface area contributed by atoms with Crippen LogP contribution in [-0.2, 0) is 4.74 Å². The third-order valence-corrected chi connectivity index (χ3v) is 3.42. The van der Waals surface area contributed by atoms with Gasteiger partial charge in [-0.3, -0.25) is 4.79 Å². The summed E-state index contributed by atoms with van der Waals surface area (Å²) < 4.78 is 45.1. The lowest BCUT2D eigenvalue weighted by Gasteiger charge is -2.42. The number of aromatic hydroxyl groups is 1. The smallest absolute Gasteiger partial charge is 0.254 e. The molecule has 0 saturated heterocycles. The molecule has 3 unspecified atom stereocenters. The highest BCUT2D eigenvalue weighted by molar-refractivity contribution is 5.95. The van der Waals surface area contributed by atoms with E-state index in [0.717, 1.165) is 0 Å². The lowest BCUT2D eigenvalue weighted by Crippen LogP contribution is -2.64. The minimum absolute atomic E-state index is 0.309.